The van der Waals surface area contributed by atoms with Gasteiger partial charge in [0.25, 0.3) is 0 Å². The van der Waals surface area contributed by atoms with Crippen molar-refractivity contribution < 1.29 is 34.1 Å². The van der Waals surface area contributed by atoms with E-state index in [0.717, 1.165) is 12.8 Å². The first-order valence-electron chi connectivity index (χ1n) is 13.4. The van der Waals surface area contributed by atoms with Crippen LogP contribution in [0.3, 0.4) is 0 Å². The molecule has 4 aliphatic rings. The number of carbonyl (C=O) groups excluding carboxylic acids is 3. The van der Waals surface area contributed by atoms with Gasteiger partial charge in [0.15, 0.2) is 11.4 Å². The summed E-state index contributed by atoms with van der Waals surface area (Å²) in [6.07, 6.45) is 11.8. The minimum Gasteiger partial charge on any atom is -0.455 e. The Morgan fingerprint density at radius 2 is 1.89 bits per heavy atom. The summed E-state index contributed by atoms with van der Waals surface area (Å²) in [5.74, 6) is -3.67. The fraction of sp³-hybridized carbons (Fsp3) is 0.633. The van der Waals surface area contributed by atoms with Gasteiger partial charge in [0.05, 0.1) is 12.2 Å². The van der Waals surface area contributed by atoms with Gasteiger partial charge in [0, 0.05) is 48.0 Å². The van der Waals surface area contributed by atoms with Crippen LogP contribution in [0.2, 0.25) is 0 Å². The van der Waals surface area contributed by atoms with Crippen LogP contribution in [0.5, 0.6) is 0 Å². The Labute approximate surface area is 219 Å². The summed E-state index contributed by atoms with van der Waals surface area (Å²) < 4.78 is 12.1. The van der Waals surface area contributed by atoms with E-state index in [1.807, 2.05) is 39.0 Å². The quantitative estimate of drug-likeness (QED) is 0.231. The maximum atomic E-state index is 13.1. The van der Waals surface area contributed by atoms with Gasteiger partial charge in [-0.05, 0) is 30.9 Å². The van der Waals surface area contributed by atoms with Crippen molar-refractivity contribution in [3.8, 4) is 0 Å². The summed E-state index contributed by atoms with van der Waals surface area (Å²) in [5.41, 5.74) is -1.94. The molecule has 7 heteroatoms. The molecule has 2 saturated carbocycles. The molecule has 0 aromatic carbocycles. The average Bonchev–Trinajstić information content (AvgIpc) is 3.22. The summed E-state index contributed by atoms with van der Waals surface area (Å²) in [7, 11) is 0. The second-order valence-corrected chi connectivity index (χ2v) is 11.8. The van der Waals surface area contributed by atoms with E-state index in [-0.39, 0.29) is 18.3 Å². The highest BCUT2D eigenvalue weighted by Gasteiger charge is 2.87. The molecule has 2 N–H and O–H groups in total. The van der Waals surface area contributed by atoms with E-state index >= 15 is 0 Å². The smallest absolute Gasteiger partial charge is 0.331 e. The number of allylic oxidation sites excluding steroid dienone is 4. The van der Waals surface area contributed by atoms with E-state index in [4.69, 9.17) is 9.47 Å². The van der Waals surface area contributed by atoms with Crippen molar-refractivity contribution in [1.82, 2.24) is 0 Å². The van der Waals surface area contributed by atoms with E-state index in [0.29, 0.717) is 17.6 Å². The van der Waals surface area contributed by atoms with Gasteiger partial charge in [-0.3, -0.25) is 9.59 Å². The largest absolute Gasteiger partial charge is 0.455 e. The molecule has 0 bridgehead atoms. The highest BCUT2D eigenvalue weighted by molar-refractivity contribution is 6.00. The number of rotatable bonds is 7. The maximum Gasteiger partial charge on any atom is 0.331 e. The number of ketones is 1. The molecule has 0 aromatic heterocycles. The van der Waals surface area contributed by atoms with Gasteiger partial charge in [0.2, 0.25) is 0 Å². The van der Waals surface area contributed by atoms with Crippen LogP contribution < -0.4 is 0 Å². The summed E-state index contributed by atoms with van der Waals surface area (Å²) in [4.78, 5) is 38.5. The molecule has 4 aliphatic carbocycles. The number of hydrogen-bond donors (Lipinski definition) is 2. The van der Waals surface area contributed by atoms with Gasteiger partial charge in [-0.2, -0.15) is 0 Å². The standard InChI is InChI=1S/C30H40O7/c1-7-8-9-10-11-12-24(33)36-27-18(3)29(35)22-13-17(2)25(34)21(22)14-20(16-31)15-23(29)26-28(5,6)30(26,27)37-19(4)32/h9-13,15,18,21-23,26-27,31,35H,7-8,14,16H2,1-6H3/b10-9+,12-11+/t18-,21+,22-,23+,26-,27-,29+,30-/m1/s1. The molecule has 4 rings (SSSR count). The van der Waals surface area contributed by atoms with Gasteiger partial charge in [-0.15, -0.1) is 0 Å². The first-order valence-corrected chi connectivity index (χ1v) is 13.4. The Hall–Kier alpha value is -2.51. The second kappa shape index (κ2) is 9.66. The number of carbonyl (C=O) groups is 3. The van der Waals surface area contributed by atoms with E-state index < -0.39 is 58.3 Å². The molecule has 0 aliphatic heterocycles. The lowest BCUT2D eigenvalue weighted by Crippen LogP contribution is -2.63. The van der Waals surface area contributed by atoms with E-state index in [1.165, 1.54) is 13.0 Å². The Morgan fingerprint density at radius 1 is 1.19 bits per heavy atom. The molecule has 0 heterocycles. The van der Waals surface area contributed by atoms with Crippen LogP contribution in [0.15, 0.2) is 47.6 Å². The summed E-state index contributed by atoms with van der Waals surface area (Å²) >= 11 is 0. The molecule has 202 valence electrons. The lowest BCUT2D eigenvalue weighted by molar-refractivity contribution is -0.217. The molecule has 37 heavy (non-hydrogen) atoms. The minimum absolute atomic E-state index is 0.0344. The van der Waals surface area contributed by atoms with Crippen LogP contribution in [0.4, 0.5) is 0 Å². The highest BCUT2D eigenvalue weighted by Crippen LogP contribution is 2.76. The van der Waals surface area contributed by atoms with Crippen molar-refractivity contribution in [3.63, 3.8) is 0 Å². The zero-order valence-electron chi connectivity index (χ0n) is 22.7. The summed E-state index contributed by atoms with van der Waals surface area (Å²) in [6.45, 7) is 10.7. The summed E-state index contributed by atoms with van der Waals surface area (Å²) in [5, 5.41) is 22.7. The van der Waals surface area contributed by atoms with Gasteiger partial charge in [-0.1, -0.05) is 64.5 Å². The fourth-order valence-corrected chi connectivity index (χ4v) is 7.64. The van der Waals surface area contributed by atoms with Crippen molar-refractivity contribution in [2.75, 3.05) is 6.61 Å². The lowest BCUT2D eigenvalue weighted by atomic mass is 9.60. The predicted molar refractivity (Wildman–Crippen MR) is 138 cm³/mol. The first-order chi connectivity index (χ1) is 17.4. The second-order valence-electron chi connectivity index (χ2n) is 11.8. The third kappa shape index (κ3) is 4.06. The number of unbranched alkanes of at least 4 members (excludes halogenated alkanes) is 1. The van der Waals surface area contributed by atoms with Crippen LogP contribution in [0.25, 0.3) is 0 Å². The van der Waals surface area contributed by atoms with Gasteiger partial charge in [-0.25, -0.2) is 4.79 Å². The molecule has 0 saturated heterocycles. The molecule has 0 radical (unpaired) electrons. The molecule has 0 spiro atoms. The van der Waals surface area contributed by atoms with Crippen LogP contribution in [0, 0.1) is 35.0 Å². The van der Waals surface area contributed by atoms with Gasteiger partial charge in [0.1, 0.15) is 6.10 Å². The Bertz CT molecular complexity index is 1100. The van der Waals surface area contributed by atoms with Crippen molar-refractivity contribution in [1.29, 1.82) is 0 Å². The Balaban J connectivity index is 1.81. The number of aliphatic hydroxyl groups excluding tert-OH is 1. The van der Waals surface area contributed by atoms with Gasteiger partial charge < -0.3 is 19.7 Å². The normalized spacial score (nSPS) is 39.8. The molecule has 2 fully saturated rings. The Morgan fingerprint density at radius 3 is 2.51 bits per heavy atom. The van der Waals surface area contributed by atoms with Crippen molar-refractivity contribution >= 4 is 17.7 Å². The third-order valence-electron chi connectivity index (χ3n) is 9.38. The molecule has 0 aromatic rings. The lowest BCUT2D eigenvalue weighted by Gasteiger charge is -2.52. The zero-order chi connectivity index (χ0) is 27.3. The molecule has 8 atom stereocenters. The van der Waals surface area contributed by atoms with Crippen LogP contribution >= 0.6 is 0 Å². The molecule has 0 amide bonds. The third-order valence-corrected chi connectivity index (χ3v) is 9.38. The van der Waals surface area contributed by atoms with Crippen LogP contribution in [-0.2, 0) is 23.9 Å². The first kappa shape index (κ1) is 27.5. The molecule has 7 nitrogen and oxygen atoms in total. The van der Waals surface area contributed by atoms with Crippen LogP contribution in [-0.4, -0.2) is 51.8 Å². The maximum absolute atomic E-state index is 13.1. The zero-order valence-corrected chi connectivity index (χ0v) is 22.7. The fourth-order valence-electron chi connectivity index (χ4n) is 7.64. The molecular formula is C30H40O7. The van der Waals surface area contributed by atoms with Crippen molar-refractivity contribution in [2.24, 2.45) is 35.0 Å². The van der Waals surface area contributed by atoms with E-state index in [1.54, 1.807) is 19.1 Å². The monoisotopic (exact) mass is 512 g/mol. The number of aliphatic hydroxyl groups is 2. The minimum atomic E-state index is -1.45. The number of fused-ring (bicyclic) bond motifs is 5. The van der Waals surface area contributed by atoms with Crippen LogP contribution in [0.1, 0.15) is 60.8 Å². The topological polar surface area (TPSA) is 110 Å². The molecular weight excluding hydrogens is 472 g/mol. The molecule has 0 unspecified atom stereocenters. The predicted octanol–water partition coefficient (Wildman–Crippen LogP) is 3.85. The number of Topliss-reactive ketones (excluding diaryl/α,β-unsaturated/α-hetero) is 1. The van der Waals surface area contributed by atoms with E-state index in [9.17, 15) is 24.6 Å². The van der Waals surface area contributed by atoms with Crippen molar-refractivity contribution in [2.45, 2.75) is 78.1 Å². The number of hydrogen-bond acceptors (Lipinski definition) is 7. The summed E-state index contributed by atoms with van der Waals surface area (Å²) in [6, 6.07) is 0. The number of esters is 2. The highest BCUT2D eigenvalue weighted by atomic mass is 16.6. The average molecular weight is 513 g/mol. The van der Waals surface area contributed by atoms with Gasteiger partial charge >= 0.3 is 11.9 Å². The van der Waals surface area contributed by atoms with E-state index in [2.05, 4.69) is 6.92 Å². The van der Waals surface area contributed by atoms with Crippen molar-refractivity contribution in [3.05, 3.63) is 47.6 Å². The number of ether oxygens (including phenoxy) is 2. The Kier molecular flexibility index (Phi) is 7.19. The SMILES string of the molecule is CCC/C=C/C=C/C(=O)O[C@@H]1[C@@H](C)[C@]2(O)[C@@H]3C=C(C)C(=O)[C@H]3CC(CO)=C[C@H]2[C@@H]2C(C)(C)[C@]12OC(C)=O.